The van der Waals surface area contributed by atoms with Gasteiger partial charge in [-0.15, -0.1) is 0 Å². The van der Waals surface area contributed by atoms with E-state index in [-0.39, 0.29) is 11.3 Å². The summed E-state index contributed by atoms with van der Waals surface area (Å²) >= 11 is 0. The van der Waals surface area contributed by atoms with E-state index < -0.39 is 23.6 Å². The molecule has 0 bridgehead atoms. The van der Waals surface area contributed by atoms with Gasteiger partial charge in [-0.3, -0.25) is 0 Å². The van der Waals surface area contributed by atoms with Crippen molar-refractivity contribution in [2.45, 2.75) is 60.2 Å². The van der Waals surface area contributed by atoms with Crippen LogP contribution in [0.15, 0.2) is 60.7 Å². The fourth-order valence-electron chi connectivity index (χ4n) is 3.45. The van der Waals surface area contributed by atoms with Crippen molar-refractivity contribution in [3.05, 3.63) is 71.8 Å². The minimum absolute atomic E-state index is 0.273. The fraction of sp³-hybridized carbons (Fsp3) is 0.379. The van der Waals surface area contributed by atoms with E-state index >= 15 is 0 Å². The van der Waals surface area contributed by atoms with Crippen molar-refractivity contribution in [2.75, 3.05) is 13.2 Å². The molecule has 0 amide bonds. The summed E-state index contributed by atoms with van der Waals surface area (Å²) in [5.41, 5.74) is 1.92. The second kappa shape index (κ2) is 12.3. The third kappa shape index (κ3) is 6.90. The molecule has 0 aliphatic carbocycles. The molecule has 2 aromatic carbocycles. The lowest BCUT2D eigenvalue weighted by Crippen LogP contribution is -2.22. The van der Waals surface area contributed by atoms with Crippen molar-refractivity contribution < 1.29 is 33.3 Å². The molecule has 1 atom stereocenters. The minimum Gasteiger partial charge on any atom is -0.490 e. The van der Waals surface area contributed by atoms with Crippen LogP contribution in [0.1, 0.15) is 59.6 Å². The molecule has 7 nitrogen and oxygen atoms in total. The summed E-state index contributed by atoms with van der Waals surface area (Å²) in [6.45, 7) is 20.6. The lowest BCUT2D eigenvalue weighted by atomic mass is 9.77. The van der Waals surface area contributed by atoms with Crippen LogP contribution in [-0.4, -0.2) is 31.4 Å². The number of hydrogen-bond donors (Lipinski definition) is 0. The Balaban J connectivity index is 2.41. The number of esters is 2. The Bertz CT molecular complexity index is 1110. The Kier molecular flexibility index (Phi) is 9.73. The van der Waals surface area contributed by atoms with Crippen molar-refractivity contribution in [2.24, 2.45) is 0 Å². The third-order valence-electron chi connectivity index (χ3n) is 5.38. The van der Waals surface area contributed by atoms with E-state index in [0.717, 1.165) is 11.1 Å². The first-order chi connectivity index (χ1) is 16.9. The molecule has 2 aromatic rings. The number of benzene rings is 2. The third-order valence-corrected chi connectivity index (χ3v) is 5.38. The van der Waals surface area contributed by atoms with Crippen LogP contribution in [0.25, 0.3) is 0 Å². The Morgan fingerprint density at radius 1 is 0.861 bits per heavy atom. The van der Waals surface area contributed by atoms with Crippen molar-refractivity contribution in [1.29, 1.82) is 0 Å². The van der Waals surface area contributed by atoms with Crippen LogP contribution in [0.3, 0.4) is 0 Å². The summed E-state index contributed by atoms with van der Waals surface area (Å²) in [5, 5.41) is 0. The van der Waals surface area contributed by atoms with Gasteiger partial charge in [-0.1, -0.05) is 45.2 Å². The van der Waals surface area contributed by atoms with Gasteiger partial charge in [-0.2, -0.15) is 0 Å². The predicted octanol–water partition coefficient (Wildman–Crippen LogP) is 6.14. The van der Waals surface area contributed by atoms with Gasteiger partial charge in [0.1, 0.15) is 5.75 Å². The average molecular weight is 497 g/mol. The van der Waals surface area contributed by atoms with Crippen LogP contribution in [0.2, 0.25) is 0 Å². The van der Waals surface area contributed by atoms with Gasteiger partial charge in [-0.05, 0) is 51.5 Å². The van der Waals surface area contributed by atoms with Gasteiger partial charge >= 0.3 is 11.9 Å². The van der Waals surface area contributed by atoms with E-state index in [0.29, 0.717) is 36.0 Å². The van der Waals surface area contributed by atoms with Crippen LogP contribution >= 0.6 is 0 Å². The first-order valence-electron chi connectivity index (χ1n) is 11.9. The molecule has 194 valence electrons. The highest BCUT2D eigenvalue weighted by Crippen LogP contribution is 2.47. The maximum absolute atomic E-state index is 12.2. The molecule has 0 N–H and O–H groups in total. The van der Waals surface area contributed by atoms with E-state index in [1.54, 1.807) is 26.8 Å². The maximum atomic E-state index is 12.2. The van der Waals surface area contributed by atoms with E-state index in [9.17, 15) is 9.59 Å². The fourth-order valence-corrected chi connectivity index (χ4v) is 3.45. The molecule has 2 rings (SSSR count). The topological polar surface area (TPSA) is 80.3 Å². The minimum atomic E-state index is -0.763. The van der Waals surface area contributed by atoms with E-state index in [1.807, 2.05) is 44.2 Å². The van der Waals surface area contributed by atoms with Crippen molar-refractivity contribution in [1.82, 2.24) is 0 Å². The zero-order valence-electron chi connectivity index (χ0n) is 22.2. The molecule has 0 aliphatic heterocycles. The monoisotopic (exact) mass is 496 g/mol. The van der Waals surface area contributed by atoms with Gasteiger partial charge in [0.15, 0.2) is 11.5 Å². The largest absolute Gasteiger partial charge is 0.490 e. The lowest BCUT2D eigenvalue weighted by Gasteiger charge is -2.30. The molecular weight excluding hydrogens is 460 g/mol. The summed E-state index contributed by atoms with van der Waals surface area (Å²) in [5.74, 6) is 0.661. The molecule has 0 spiro atoms. The van der Waals surface area contributed by atoms with Gasteiger partial charge in [-0.25, -0.2) is 9.59 Å². The molecule has 36 heavy (non-hydrogen) atoms. The van der Waals surface area contributed by atoms with Gasteiger partial charge in [0.2, 0.25) is 12.0 Å². The Morgan fingerprint density at radius 3 is 1.94 bits per heavy atom. The molecule has 0 heterocycles. The van der Waals surface area contributed by atoms with E-state index in [1.165, 1.54) is 0 Å². The Morgan fingerprint density at radius 2 is 1.42 bits per heavy atom. The summed E-state index contributed by atoms with van der Waals surface area (Å²) in [7, 11) is 0. The summed E-state index contributed by atoms with van der Waals surface area (Å²) in [4.78, 5) is 23.9. The Labute approximate surface area is 213 Å². The van der Waals surface area contributed by atoms with E-state index in [2.05, 4.69) is 27.0 Å². The molecule has 0 aromatic heterocycles. The number of carbonyl (C=O) groups is 2. The van der Waals surface area contributed by atoms with Gasteiger partial charge < -0.3 is 23.7 Å². The first-order valence-corrected chi connectivity index (χ1v) is 11.9. The van der Waals surface area contributed by atoms with Crippen LogP contribution < -0.4 is 18.9 Å². The normalized spacial score (nSPS) is 11.8. The van der Waals surface area contributed by atoms with Crippen LogP contribution in [0, 0.1) is 0 Å². The summed E-state index contributed by atoms with van der Waals surface area (Å²) in [6, 6.07) is 11.1. The maximum Gasteiger partial charge on any atom is 0.338 e. The molecule has 1 unspecified atom stereocenters. The highest BCUT2D eigenvalue weighted by molar-refractivity contribution is 5.89. The molecule has 0 saturated heterocycles. The van der Waals surface area contributed by atoms with Crippen LogP contribution in [0.4, 0.5) is 0 Å². The van der Waals surface area contributed by atoms with Gasteiger partial charge in [0.25, 0.3) is 0 Å². The van der Waals surface area contributed by atoms with Crippen LogP contribution in [0.5, 0.6) is 23.0 Å². The summed E-state index contributed by atoms with van der Waals surface area (Å²) in [6.07, 6.45) is -0.763. The van der Waals surface area contributed by atoms with Gasteiger partial charge in [0, 0.05) is 29.0 Å². The Hall–Kier alpha value is -3.74. The molecular formula is C29H36O7. The zero-order chi connectivity index (χ0) is 27.0. The number of ether oxygens (including phenoxy) is 5. The molecule has 0 saturated carbocycles. The first kappa shape index (κ1) is 28.5. The molecule has 7 heteroatoms. The predicted molar refractivity (Wildman–Crippen MR) is 139 cm³/mol. The average Bonchev–Trinajstić information content (AvgIpc) is 2.81. The smallest absolute Gasteiger partial charge is 0.338 e. The van der Waals surface area contributed by atoms with Crippen molar-refractivity contribution in [3.63, 3.8) is 0 Å². The summed E-state index contributed by atoms with van der Waals surface area (Å²) < 4.78 is 28.3. The molecule has 0 aliphatic rings. The van der Waals surface area contributed by atoms with E-state index in [4.69, 9.17) is 23.7 Å². The second-order valence-electron chi connectivity index (χ2n) is 8.83. The number of rotatable bonds is 12. The SMILES string of the molecule is C=C(C)C(=O)Oc1ccc(C(C)(C)c2ccc(OC(C)OC(=O)C(=C)C)cc2)c(OCC)c1OCC. The van der Waals surface area contributed by atoms with Crippen LogP contribution in [-0.2, 0) is 19.7 Å². The second-order valence-corrected chi connectivity index (χ2v) is 8.83. The molecule has 0 radical (unpaired) electrons. The number of carbonyl (C=O) groups excluding carboxylic acids is 2. The lowest BCUT2D eigenvalue weighted by molar-refractivity contribution is -0.156. The standard InChI is InChI=1S/C29H36O7/c1-10-32-25-23(16-17-24(26(25)33-11-2)36-28(31)19(5)6)29(8,9)21-12-14-22(15-13-21)34-20(7)35-27(30)18(3)4/h12-17,20H,3,5,10-11H2,1-2,4,6-9H3. The molecule has 0 fully saturated rings. The van der Waals surface area contributed by atoms with Gasteiger partial charge in [0.05, 0.1) is 13.2 Å². The quantitative estimate of drug-likeness (QED) is 0.151. The van der Waals surface area contributed by atoms with Crippen molar-refractivity contribution >= 4 is 11.9 Å². The number of hydrogen-bond acceptors (Lipinski definition) is 7. The van der Waals surface area contributed by atoms with Crippen molar-refractivity contribution in [3.8, 4) is 23.0 Å². The highest BCUT2D eigenvalue weighted by atomic mass is 16.7. The highest BCUT2D eigenvalue weighted by Gasteiger charge is 2.31. The zero-order valence-corrected chi connectivity index (χ0v) is 22.2.